The molecule has 0 aromatic carbocycles. The van der Waals surface area contributed by atoms with Gasteiger partial charge in [0, 0.05) is 12.8 Å². The quantitative estimate of drug-likeness (QED) is 0.429. The van der Waals surface area contributed by atoms with E-state index in [-0.39, 0.29) is 24.7 Å². The Morgan fingerprint density at radius 1 is 0.607 bits per heavy atom. The van der Waals surface area contributed by atoms with Gasteiger partial charge in [0.2, 0.25) is 0 Å². The van der Waals surface area contributed by atoms with E-state index in [2.05, 4.69) is 0 Å². The van der Waals surface area contributed by atoms with Crippen molar-refractivity contribution in [1.82, 2.24) is 0 Å². The SMILES string of the molecule is CC(C)[C@H](CC(=O)C(=O)C[C@H](C(=O)OC(C)(C)C)C(C)C)C(=O)OC(C)(C)C. The molecule has 6 nitrogen and oxygen atoms in total. The van der Waals surface area contributed by atoms with E-state index in [1.807, 2.05) is 27.7 Å². The van der Waals surface area contributed by atoms with Crippen molar-refractivity contribution in [2.75, 3.05) is 0 Å². The molecule has 0 aliphatic rings. The van der Waals surface area contributed by atoms with Crippen LogP contribution in [0, 0.1) is 23.7 Å². The molecule has 0 aliphatic heterocycles. The summed E-state index contributed by atoms with van der Waals surface area (Å²) in [4.78, 5) is 49.8. The summed E-state index contributed by atoms with van der Waals surface area (Å²) in [6, 6.07) is 0. The molecule has 0 saturated heterocycles. The van der Waals surface area contributed by atoms with E-state index in [0.717, 1.165) is 0 Å². The summed E-state index contributed by atoms with van der Waals surface area (Å²) in [7, 11) is 0. The monoisotopic (exact) mass is 398 g/mol. The molecule has 0 heterocycles. The molecule has 0 aromatic heterocycles. The van der Waals surface area contributed by atoms with Gasteiger partial charge in [-0.1, -0.05) is 27.7 Å². The van der Waals surface area contributed by atoms with Crippen molar-refractivity contribution >= 4 is 23.5 Å². The van der Waals surface area contributed by atoms with Crippen molar-refractivity contribution < 1.29 is 28.7 Å². The first-order valence-electron chi connectivity index (χ1n) is 9.96. The lowest BCUT2D eigenvalue weighted by atomic mass is 9.85. The second-order valence-corrected chi connectivity index (χ2v) is 10.0. The van der Waals surface area contributed by atoms with Crippen molar-refractivity contribution in [3.05, 3.63) is 0 Å². The van der Waals surface area contributed by atoms with Gasteiger partial charge in [-0.3, -0.25) is 19.2 Å². The largest absolute Gasteiger partial charge is 0.460 e. The van der Waals surface area contributed by atoms with Gasteiger partial charge < -0.3 is 9.47 Å². The molecule has 0 amide bonds. The van der Waals surface area contributed by atoms with E-state index in [1.165, 1.54) is 0 Å². The Hall–Kier alpha value is -1.72. The molecule has 0 N–H and O–H groups in total. The van der Waals surface area contributed by atoms with Gasteiger partial charge in [-0.2, -0.15) is 0 Å². The predicted molar refractivity (Wildman–Crippen MR) is 108 cm³/mol. The van der Waals surface area contributed by atoms with E-state index >= 15 is 0 Å². The van der Waals surface area contributed by atoms with Gasteiger partial charge >= 0.3 is 11.9 Å². The highest BCUT2D eigenvalue weighted by Gasteiger charge is 2.35. The van der Waals surface area contributed by atoms with Crippen LogP contribution >= 0.6 is 0 Å². The second kappa shape index (κ2) is 10.2. The molecular formula is C22H38O6. The molecule has 0 saturated carbocycles. The standard InChI is InChI=1S/C22H38O6/c1-13(2)15(19(25)27-21(5,6)7)11-17(23)18(24)12-16(14(3)4)20(26)28-22(8,9)10/h13-16H,11-12H2,1-10H3/t15-,16-/m0/s1. The number of ketones is 2. The van der Waals surface area contributed by atoms with Crippen LogP contribution in [-0.2, 0) is 28.7 Å². The Bertz CT molecular complexity index is 523. The fourth-order valence-corrected chi connectivity index (χ4v) is 2.56. The Labute approximate surface area is 169 Å². The summed E-state index contributed by atoms with van der Waals surface area (Å²) in [5, 5.41) is 0. The van der Waals surface area contributed by atoms with Crippen LogP contribution in [0.4, 0.5) is 0 Å². The highest BCUT2D eigenvalue weighted by Crippen LogP contribution is 2.24. The van der Waals surface area contributed by atoms with E-state index in [1.54, 1.807) is 41.5 Å². The molecular weight excluding hydrogens is 360 g/mol. The molecule has 28 heavy (non-hydrogen) atoms. The molecule has 0 aliphatic carbocycles. The van der Waals surface area contributed by atoms with E-state index in [9.17, 15) is 19.2 Å². The summed E-state index contributed by atoms with van der Waals surface area (Å²) in [5.41, 5.74) is -1.34. The van der Waals surface area contributed by atoms with Gasteiger partial charge in [0.25, 0.3) is 0 Å². The summed E-state index contributed by atoms with van der Waals surface area (Å²) < 4.78 is 10.8. The van der Waals surface area contributed by atoms with Gasteiger partial charge in [-0.25, -0.2) is 0 Å². The molecule has 0 bridgehead atoms. The third-order valence-corrected chi connectivity index (χ3v) is 4.15. The summed E-state index contributed by atoms with van der Waals surface area (Å²) in [5.74, 6) is -3.99. The van der Waals surface area contributed by atoms with Gasteiger partial charge in [-0.15, -0.1) is 0 Å². The maximum Gasteiger partial charge on any atom is 0.310 e. The number of esters is 2. The number of carbonyl (C=O) groups excluding carboxylic acids is 4. The molecule has 0 radical (unpaired) electrons. The molecule has 0 rings (SSSR count). The maximum atomic E-state index is 12.5. The minimum absolute atomic E-state index is 0.154. The highest BCUT2D eigenvalue weighted by molar-refractivity contribution is 6.37. The number of carbonyl (C=O) groups is 4. The van der Waals surface area contributed by atoms with Crippen molar-refractivity contribution in [3.63, 3.8) is 0 Å². The maximum absolute atomic E-state index is 12.5. The molecule has 0 fully saturated rings. The van der Waals surface area contributed by atoms with Gasteiger partial charge in [0.1, 0.15) is 11.2 Å². The zero-order valence-corrected chi connectivity index (χ0v) is 19.2. The number of Topliss-reactive ketones (excluding diaryl/α,β-unsaturated/α-hetero) is 2. The molecule has 0 spiro atoms. The highest BCUT2D eigenvalue weighted by atomic mass is 16.6. The fourth-order valence-electron chi connectivity index (χ4n) is 2.56. The normalized spacial score (nSPS) is 14.6. The number of hydrogen-bond acceptors (Lipinski definition) is 6. The molecule has 0 aromatic rings. The lowest BCUT2D eigenvalue weighted by Gasteiger charge is -2.26. The van der Waals surface area contributed by atoms with E-state index < -0.39 is 46.5 Å². The molecule has 162 valence electrons. The molecule has 6 heteroatoms. The van der Waals surface area contributed by atoms with Crippen LogP contribution in [0.25, 0.3) is 0 Å². The van der Waals surface area contributed by atoms with Crippen LogP contribution in [-0.4, -0.2) is 34.7 Å². The van der Waals surface area contributed by atoms with Crippen LogP contribution in [0.2, 0.25) is 0 Å². The first kappa shape index (κ1) is 26.3. The van der Waals surface area contributed by atoms with Crippen molar-refractivity contribution in [1.29, 1.82) is 0 Å². The van der Waals surface area contributed by atoms with Crippen LogP contribution in [0.3, 0.4) is 0 Å². The summed E-state index contributed by atoms with van der Waals surface area (Å²) in [6.07, 6.45) is -0.435. The zero-order chi connectivity index (χ0) is 22.4. The van der Waals surface area contributed by atoms with Gasteiger partial charge in [0.15, 0.2) is 11.6 Å². The number of hydrogen-bond donors (Lipinski definition) is 0. The van der Waals surface area contributed by atoms with Gasteiger partial charge in [-0.05, 0) is 53.4 Å². The van der Waals surface area contributed by atoms with Crippen LogP contribution in [0.1, 0.15) is 82.1 Å². The molecule has 2 atom stereocenters. The average Bonchev–Trinajstić information content (AvgIpc) is 2.44. The average molecular weight is 399 g/mol. The summed E-state index contributed by atoms with van der Waals surface area (Å²) in [6.45, 7) is 17.8. The lowest BCUT2D eigenvalue weighted by molar-refractivity contribution is -0.165. The van der Waals surface area contributed by atoms with Crippen LogP contribution in [0.5, 0.6) is 0 Å². The van der Waals surface area contributed by atoms with E-state index in [0.29, 0.717) is 0 Å². The van der Waals surface area contributed by atoms with Gasteiger partial charge in [0.05, 0.1) is 11.8 Å². The van der Waals surface area contributed by atoms with Crippen LogP contribution < -0.4 is 0 Å². The van der Waals surface area contributed by atoms with E-state index in [4.69, 9.17) is 9.47 Å². The first-order valence-corrected chi connectivity index (χ1v) is 9.96. The summed E-state index contributed by atoms with van der Waals surface area (Å²) >= 11 is 0. The van der Waals surface area contributed by atoms with Crippen molar-refractivity contribution in [2.45, 2.75) is 93.3 Å². The Balaban J connectivity index is 5.17. The third-order valence-electron chi connectivity index (χ3n) is 4.15. The Kier molecular flexibility index (Phi) is 9.55. The third kappa shape index (κ3) is 10.00. The fraction of sp³-hybridized carbons (Fsp3) is 0.818. The minimum Gasteiger partial charge on any atom is -0.460 e. The Morgan fingerprint density at radius 2 is 0.857 bits per heavy atom. The first-order chi connectivity index (χ1) is 12.4. The van der Waals surface area contributed by atoms with Crippen molar-refractivity contribution in [3.8, 4) is 0 Å². The lowest BCUT2D eigenvalue weighted by Crippen LogP contribution is -2.35. The minimum atomic E-state index is -0.699. The smallest absolute Gasteiger partial charge is 0.310 e. The number of ether oxygens (including phenoxy) is 2. The Morgan fingerprint density at radius 3 is 1.04 bits per heavy atom. The van der Waals surface area contributed by atoms with Crippen molar-refractivity contribution in [2.24, 2.45) is 23.7 Å². The molecule has 0 unspecified atom stereocenters. The second-order valence-electron chi connectivity index (χ2n) is 10.0. The topological polar surface area (TPSA) is 86.7 Å². The predicted octanol–water partition coefficient (Wildman–Crippen LogP) is 4.13. The zero-order valence-electron chi connectivity index (χ0n) is 19.2. The number of rotatable bonds is 9. The van der Waals surface area contributed by atoms with Crippen LogP contribution in [0.15, 0.2) is 0 Å².